The van der Waals surface area contributed by atoms with E-state index in [1.165, 1.54) is 37.2 Å². The Hall–Kier alpha value is -1.41. The number of hydrogen-bond donors (Lipinski definition) is 1. The largest absolute Gasteiger partial charge is 0.378 e. The van der Waals surface area contributed by atoms with Crippen LogP contribution in [-0.4, -0.2) is 72.7 Å². The number of guanidine groups is 1. The molecule has 3 rings (SSSR count). The number of nitrogens with one attached hydrogen (secondary N) is 1. The average molecular weight is 381 g/mol. The van der Waals surface area contributed by atoms with E-state index >= 15 is 0 Å². The van der Waals surface area contributed by atoms with Crippen molar-refractivity contribution in [2.24, 2.45) is 4.99 Å². The number of ether oxygens (including phenoxy) is 1. The lowest BCUT2D eigenvalue weighted by Gasteiger charge is -2.36. The van der Waals surface area contributed by atoms with Crippen LogP contribution >= 0.6 is 11.5 Å². The summed E-state index contributed by atoms with van der Waals surface area (Å²) in [6.45, 7) is 7.69. The molecular formula is C18H32N6OS. The van der Waals surface area contributed by atoms with Gasteiger partial charge in [-0.05, 0) is 19.3 Å². The minimum atomic E-state index is 0.510. The fourth-order valence-corrected chi connectivity index (χ4v) is 4.34. The molecule has 1 aliphatic heterocycles. The van der Waals surface area contributed by atoms with Gasteiger partial charge in [0.1, 0.15) is 5.82 Å². The van der Waals surface area contributed by atoms with E-state index in [0.717, 1.165) is 69.1 Å². The maximum Gasteiger partial charge on any atom is 0.205 e. The van der Waals surface area contributed by atoms with Crippen LogP contribution in [0, 0.1) is 0 Å². The van der Waals surface area contributed by atoms with Crippen LogP contribution < -0.4 is 10.2 Å². The molecule has 7 nitrogen and oxygen atoms in total. The van der Waals surface area contributed by atoms with E-state index in [4.69, 9.17) is 4.74 Å². The Bertz CT molecular complexity index is 564. The fraction of sp³-hybridized carbons (Fsp3) is 0.833. The molecule has 0 atom stereocenters. The second-order valence-corrected chi connectivity index (χ2v) is 7.66. The normalized spacial score (nSPS) is 19.4. The molecule has 2 heterocycles. The van der Waals surface area contributed by atoms with Crippen LogP contribution in [0.4, 0.5) is 5.13 Å². The lowest BCUT2D eigenvalue weighted by molar-refractivity contribution is 0.0573. The molecule has 1 aliphatic carbocycles. The number of hydrogen-bond acceptors (Lipinski definition) is 6. The molecule has 1 N–H and O–H groups in total. The highest BCUT2D eigenvalue weighted by atomic mass is 32.1. The van der Waals surface area contributed by atoms with Crippen LogP contribution in [-0.2, 0) is 11.2 Å². The zero-order valence-electron chi connectivity index (χ0n) is 16.1. The number of aryl methyl sites for hydroxylation is 1. The number of rotatable bonds is 7. The van der Waals surface area contributed by atoms with Crippen LogP contribution in [0.5, 0.6) is 0 Å². The van der Waals surface area contributed by atoms with Gasteiger partial charge in [-0.15, -0.1) is 0 Å². The number of aromatic nitrogens is 2. The van der Waals surface area contributed by atoms with Crippen molar-refractivity contribution < 1.29 is 4.74 Å². The summed E-state index contributed by atoms with van der Waals surface area (Å²) in [5.41, 5.74) is 0. The van der Waals surface area contributed by atoms with Crippen molar-refractivity contribution in [2.75, 3.05) is 51.3 Å². The first-order valence-electron chi connectivity index (χ1n) is 9.95. The van der Waals surface area contributed by atoms with Gasteiger partial charge in [0, 0.05) is 64.3 Å². The van der Waals surface area contributed by atoms with E-state index in [9.17, 15) is 0 Å². The highest BCUT2D eigenvalue weighted by molar-refractivity contribution is 7.09. The van der Waals surface area contributed by atoms with Crippen LogP contribution in [0.1, 0.15) is 44.9 Å². The third-order valence-corrected chi connectivity index (χ3v) is 5.91. The SMILES string of the molecule is CCc1nsc(N2CCN(C(=NC)NCCCOC3CCCC3)CC2)n1. The molecule has 26 heavy (non-hydrogen) atoms. The molecule has 1 saturated heterocycles. The Morgan fingerprint density at radius 3 is 2.69 bits per heavy atom. The summed E-state index contributed by atoms with van der Waals surface area (Å²) in [5, 5.41) is 4.53. The van der Waals surface area contributed by atoms with Crippen molar-refractivity contribution in [1.82, 2.24) is 19.6 Å². The first-order chi connectivity index (χ1) is 12.8. The quantitative estimate of drug-likeness (QED) is 0.444. The van der Waals surface area contributed by atoms with Crippen molar-refractivity contribution >= 4 is 22.6 Å². The molecule has 0 aromatic carbocycles. The van der Waals surface area contributed by atoms with Gasteiger partial charge >= 0.3 is 0 Å². The van der Waals surface area contributed by atoms with E-state index in [1.54, 1.807) is 0 Å². The van der Waals surface area contributed by atoms with Crippen LogP contribution in [0.15, 0.2) is 4.99 Å². The Balaban J connectivity index is 1.35. The van der Waals surface area contributed by atoms with Gasteiger partial charge in [0.15, 0.2) is 5.96 Å². The molecular weight excluding hydrogens is 348 g/mol. The van der Waals surface area contributed by atoms with Gasteiger partial charge in [0.2, 0.25) is 5.13 Å². The Labute approximate surface area is 161 Å². The van der Waals surface area contributed by atoms with E-state index < -0.39 is 0 Å². The van der Waals surface area contributed by atoms with Crippen molar-refractivity contribution in [2.45, 2.75) is 51.6 Å². The van der Waals surface area contributed by atoms with Crippen LogP contribution in [0.25, 0.3) is 0 Å². The third kappa shape index (κ3) is 5.30. The van der Waals surface area contributed by atoms with Crippen molar-refractivity contribution in [3.63, 3.8) is 0 Å². The molecule has 0 spiro atoms. The summed E-state index contributed by atoms with van der Waals surface area (Å²) in [6.07, 6.45) is 7.59. The first-order valence-corrected chi connectivity index (χ1v) is 10.7. The summed E-state index contributed by atoms with van der Waals surface area (Å²) in [6, 6.07) is 0. The fourth-order valence-electron chi connectivity index (χ4n) is 3.54. The number of nitrogens with zero attached hydrogens (tertiary/aromatic N) is 5. The van der Waals surface area contributed by atoms with Gasteiger partial charge < -0.3 is 19.9 Å². The topological polar surface area (TPSA) is 65.9 Å². The van der Waals surface area contributed by atoms with Gasteiger partial charge in [0.25, 0.3) is 0 Å². The van der Waals surface area contributed by atoms with Crippen molar-refractivity contribution in [3.8, 4) is 0 Å². The van der Waals surface area contributed by atoms with Crippen molar-refractivity contribution in [3.05, 3.63) is 5.82 Å². The van der Waals surface area contributed by atoms with Crippen molar-refractivity contribution in [1.29, 1.82) is 0 Å². The summed E-state index contributed by atoms with van der Waals surface area (Å²) < 4.78 is 10.3. The van der Waals surface area contributed by atoms with Gasteiger partial charge in [-0.3, -0.25) is 4.99 Å². The molecule has 2 aliphatic rings. The molecule has 1 aromatic rings. The highest BCUT2D eigenvalue weighted by Crippen LogP contribution is 2.21. The van der Waals surface area contributed by atoms with Gasteiger partial charge in [-0.1, -0.05) is 19.8 Å². The lowest BCUT2D eigenvalue weighted by Crippen LogP contribution is -2.52. The van der Waals surface area contributed by atoms with E-state index in [-0.39, 0.29) is 0 Å². The van der Waals surface area contributed by atoms with Gasteiger partial charge in [-0.2, -0.15) is 4.37 Å². The molecule has 2 fully saturated rings. The lowest BCUT2D eigenvalue weighted by atomic mass is 10.3. The van der Waals surface area contributed by atoms with Crippen LogP contribution in [0.2, 0.25) is 0 Å². The summed E-state index contributed by atoms with van der Waals surface area (Å²) in [7, 11) is 1.86. The Morgan fingerprint density at radius 2 is 2.04 bits per heavy atom. The molecule has 0 bridgehead atoms. The molecule has 0 amide bonds. The van der Waals surface area contributed by atoms with Gasteiger partial charge in [0.05, 0.1) is 6.10 Å². The van der Waals surface area contributed by atoms with Gasteiger partial charge in [-0.25, -0.2) is 4.98 Å². The smallest absolute Gasteiger partial charge is 0.205 e. The third-order valence-electron chi connectivity index (χ3n) is 5.10. The number of aliphatic imine (C=N–C) groups is 1. The van der Waals surface area contributed by atoms with E-state index in [1.807, 2.05) is 7.05 Å². The Kier molecular flexibility index (Phi) is 7.49. The maximum atomic E-state index is 5.93. The first kappa shape index (κ1) is 19.4. The monoisotopic (exact) mass is 380 g/mol. The standard InChI is InChI=1S/C18H32N6OS/c1-3-16-21-18(26-22-16)24-12-10-23(11-13-24)17(19-2)20-9-6-14-25-15-7-4-5-8-15/h15H,3-14H2,1-2H3,(H,19,20). The van der Waals surface area contributed by atoms with E-state index in [2.05, 4.69) is 36.4 Å². The zero-order valence-corrected chi connectivity index (χ0v) is 16.9. The van der Waals surface area contributed by atoms with E-state index in [0.29, 0.717) is 6.10 Å². The summed E-state index contributed by atoms with van der Waals surface area (Å²) in [4.78, 5) is 13.7. The van der Waals surface area contributed by atoms with Crippen LogP contribution in [0.3, 0.4) is 0 Å². The summed E-state index contributed by atoms with van der Waals surface area (Å²) >= 11 is 1.51. The second-order valence-electron chi connectivity index (χ2n) is 6.93. The predicted octanol–water partition coefficient (Wildman–Crippen LogP) is 2.15. The molecule has 1 saturated carbocycles. The number of piperazine rings is 1. The number of anilines is 1. The molecule has 0 unspecified atom stereocenters. The molecule has 1 aromatic heterocycles. The Morgan fingerprint density at radius 1 is 1.27 bits per heavy atom. The zero-order chi connectivity index (χ0) is 18.2. The minimum Gasteiger partial charge on any atom is -0.378 e. The maximum absolute atomic E-state index is 5.93. The molecule has 8 heteroatoms. The molecule has 146 valence electrons. The summed E-state index contributed by atoms with van der Waals surface area (Å²) in [5.74, 6) is 1.95. The molecule has 0 radical (unpaired) electrons. The average Bonchev–Trinajstić information content (AvgIpc) is 3.36. The second kappa shape index (κ2) is 10.1. The highest BCUT2D eigenvalue weighted by Gasteiger charge is 2.22. The predicted molar refractivity (Wildman–Crippen MR) is 107 cm³/mol. The minimum absolute atomic E-state index is 0.510.